The van der Waals surface area contributed by atoms with Gasteiger partial charge in [0.1, 0.15) is 0 Å². The van der Waals surface area contributed by atoms with Gasteiger partial charge in [-0.15, -0.1) is 0 Å². The lowest BCUT2D eigenvalue weighted by atomic mass is 9.56. The van der Waals surface area contributed by atoms with E-state index in [1.54, 1.807) is 0 Å². The van der Waals surface area contributed by atoms with Crippen LogP contribution in [0.15, 0.2) is 12.2 Å². The molecule has 0 radical (unpaired) electrons. The molecule has 0 aromatic rings. The Kier molecular flexibility index (Phi) is 2.63. The van der Waals surface area contributed by atoms with Crippen LogP contribution in [0.1, 0.15) is 60.8 Å². The van der Waals surface area contributed by atoms with E-state index in [9.17, 15) is 0 Å². The Labute approximate surface area is 89.8 Å². The quantitative estimate of drug-likeness (QED) is 0.486. The van der Waals surface area contributed by atoms with E-state index in [-0.39, 0.29) is 7.43 Å². The van der Waals surface area contributed by atoms with E-state index in [0.29, 0.717) is 16.2 Å². The SMILES string of the molecule is C.CC1(C)C=CC(C)(C)C12CCCC2. The second-order valence-corrected chi connectivity index (χ2v) is 6.07. The average Bonchev–Trinajstić information content (AvgIpc) is 2.55. The highest BCUT2D eigenvalue weighted by atomic mass is 14.6. The second kappa shape index (κ2) is 3.12. The summed E-state index contributed by atoms with van der Waals surface area (Å²) in [6, 6.07) is 0. The van der Waals surface area contributed by atoms with E-state index in [2.05, 4.69) is 39.8 Å². The third kappa shape index (κ3) is 1.19. The van der Waals surface area contributed by atoms with Gasteiger partial charge < -0.3 is 0 Å². The maximum Gasteiger partial charge on any atom is -0.0110 e. The summed E-state index contributed by atoms with van der Waals surface area (Å²) >= 11 is 0. The van der Waals surface area contributed by atoms with Gasteiger partial charge in [0.25, 0.3) is 0 Å². The molecule has 2 aliphatic carbocycles. The lowest BCUT2D eigenvalue weighted by molar-refractivity contribution is 0.0357. The Bertz CT molecular complexity index is 217. The van der Waals surface area contributed by atoms with Crippen molar-refractivity contribution >= 4 is 0 Å². The van der Waals surface area contributed by atoms with Crippen LogP contribution in [0, 0.1) is 16.2 Å². The van der Waals surface area contributed by atoms with Crippen LogP contribution in [0.5, 0.6) is 0 Å². The summed E-state index contributed by atoms with van der Waals surface area (Å²) in [6.45, 7) is 9.68. The maximum atomic E-state index is 2.46. The minimum atomic E-state index is 0. The topological polar surface area (TPSA) is 0 Å². The van der Waals surface area contributed by atoms with Crippen molar-refractivity contribution in [3.8, 4) is 0 Å². The van der Waals surface area contributed by atoms with Crippen LogP contribution in [0.2, 0.25) is 0 Å². The first-order valence-corrected chi connectivity index (χ1v) is 5.62. The average molecular weight is 194 g/mol. The fourth-order valence-corrected chi connectivity index (χ4v) is 3.83. The van der Waals surface area contributed by atoms with Crippen LogP contribution in [-0.2, 0) is 0 Å². The van der Waals surface area contributed by atoms with Crippen molar-refractivity contribution in [2.75, 3.05) is 0 Å². The van der Waals surface area contributed by atoms with Crippen LogP contribution >= 0.6 is 0 Å². The van der Waals surface area contributed by atoms with Gasteiger partial charge in [-0.25, -0.2) is 0 Å². The molecule has 0 N–H and O–H groups in total. The van der Waals surface area contributed by atoms with E-state index in [1.807, 2.05) is 0 Å². The molecule has 0 nitrogen and oxygen atoms in total. The van der Waals surface area contributed by atoms with Crippen LogP contribution in [0.3, 0.4) is 0 Å². The highest BCUT2D eigenvalue weighted by Crippen LogP contribution is 2.65. The van der Waals surface area contributed by atoms with Gasteiger partial charge in [-0.2, -0.15) is 0 Å². The molecule has 82 valence electrons. The van der Waals surface area contributed by atoms with Crippen molar-refractivity contribution in [3.05, 3.63) is 12.2 Å². The molecule has 0 atom stereocenters. The summed E-state index contributed by atoms with van der Waals surface area (Å²) in [7, 11) is 0. The van der Waals surface area contributed by atoms with Crippen molar-refractivity contribution in [2.45, 2.75) is 60.8 Å². The molecule has 0 unspecified atom stereocenters. The van der Waals surface area contributed by atoms with Crippen LogP contribution in [-0.4, -0.2) is 0 Å². The summed E-state index contributed by atoms with van der Waals surface area (Å²) in [5.41, 5.74) is 1.42. The molecule has 0 heterocycles. The molecule has 2 rings (SSSR count). The third-order valence-electron chi connectivity index (χ3n) is 4.84. The Morgan fingerprint density at radius 2 is 1.14 bits per heavy atom. The van der Waals surface area contributed by atoms with Crippen LogP contribution in [0.4, 0.5) is 0 Å². The number of hydrogen-bond acceptors (Lipinski definition) is 0. The molecule has 0 saturated heterocycles. The molecule has 1 spiro atoms. The van der Waals surface area contributed by atoms with Crippen LogP contribution in [0.25, 0.3) is 0 Å². The van der Waals surface area contributed by atoms with E-state index in [1.165, 1.54) is 25.7 Å². The Hall–Kier alpha value is -0.260. The van der Waals surface area contributed by atoms with Gasteiger partial charge in [-0.05, 0) is 29.1 Å². The van der Waals surface area contributed by atoms with Gasteiger partial charge in [-0.3, -0.25) is 0 Å². The van der Waals surface area contributed by atoms with E-state index >= 15 is 0 Å². The Morgan fingerprint density at radius 3 is 1.50 bits per heavy atom. The normalized spacial score (nSPS) is 30.6. The fourth-order valence-electron chi connectivity index (χ4n) is 3.83. The first-order valence-electron chi connectivity index (χ1n) is 5.62. The molecule has 1 saturated carbocycles. The zero-order valence-electron chi connectivity index (χ0n) is 9.48. The van der Waals surface area contributed by atoms with Crippen molar-refractivity contribution in [3.63, 3.8) is 0 Å². The third-order valence-corrected chi connectivity index (χ3v) is 4.84. The predicted octanol–water partition coefficient (Wildman–Crippen LogP) is 4.81. The van der Waals surface area contributed by atoms with Gasteiger partial charge in [0.15, 0.2) is 0 Å². The molecule has 0 aliphatic heterocycles. The van der Waals surface area contributed by atoms with Crippen molar-refractivity contribution in [1.29, 1.82) is 0 Å². The van der Waals surface area contributed by atoms with Crippen molar-refractivity contribution in [1.82, 2.24) is 0 Å². The van der Waals surface area contributed by atoms with E-state index < -0.39 is 0 Å². The van der Waals surface area contributed by atoms with Gasteiger partial charge in [0, 0.05) is 0 Å². The molecular formula is C14H26. The Morgan fingerprint density at radius 1 is 0.786 bits per heavy atom. The van der Waals surface area contributed by atoms with E-state index in [0.717, 1.165) is 0 Å². The van der Waals surface area contributed by atoms with Gasteiger partial charge >= 0.3 is 0 Å². The molecule has 0 bridgehead atoms. The largest absolute Gasteiger partial charge is 0.0817 e. The molecule has 2 aliphatic rings. The number of rotatable bonds is 0. The maximum absolute atomic E-state index is 2.46. The minimum Gasteiger partial charge on any atom is -0.0817 e. The highest BCUT2D eigenvalue weighted by molar-refractivity contribution is 5.24. The second-order valence-electron chi connectivity index (χ2n) is 6.07. The molecule has 0 heteroatoms. The minimum absolute atomic E-state index is 0. The summed E-state index contributed by atoms with van der Waals surface area (Å²) in [5.74, 6) is 0. The summed E-state index contributed by atoms with van der Waals surface area (Å²) in [4.78, 5) is 0. The first kappa shape index (κ1) is 11.8. The lowest BCUT2D eigenvalue weighted by Crippen LogP contribution is -2.40. The summed E-state index contributed by atoms with van der Waals surface area (Å²) < 4.78 is 0. The van der Waals surface area contributed by atoms with Crippen molar-refractivity contribution < 1.29 is 0 Å². The molecule has 0 amide bonds. The first-order chi connectivity index (χ1) is 5.91. The number of allylic oxidation sites excluding steroid dienone is 2. The van der Waals surface area contributed by atoms with Gasteiger partial charge in [-0.1, -0.05) is 60.1 Å². The van der Waals surface area contributed by atoms with Gasteiger partial charge in [0.05, 0.1) is 0 Å². The highest BCUT2D eigenvalue weighted by Gasteiger charge is 2.56. The predicted molar refractivity (Wildman–Crippen MR) is 64.3 cm³/mol. The van der Waals surface area contributed by atoms with E-state index in [4.69, 9.17) is 0 Å². The zero-order valence-corrected chi connectivity index (χ0v) is 9.48. The van der Waals surface area contributed by atoms with Gasteiger partial charge in [0.2, 0.25) is 0 Å². The standard InChI is InChI=1S/C13H22.CH4/c1-11(2)9-10-12(3,4)13(11)7-5-6-8-13;/h9-10H,5-8H2,1-4H3;1H4. The molecular weight excluding hydrogens is 168 g/mol. The molecule has 14 heavy (non-hydrogen) atoms. The molecule has 0 aromatic heterocycles. The zero-order chi connectivity index (χ0) is 9.74. The Balaban J connectivity index is 0.000000980. The van der Waals surface area contributed by atoms with Crippen molar-refractivity contribution in [2.24, 2.45) is 16.2 Å². The molecule has 0 aromatic carbocycles. The lowest BCUT2D eigenvalue weighted by Gasteiger charge is -2.47. The monoisotopic (exact) mass is 194 g/mol. The van der Waals surface area contributed by atoms with Crippen LogP contribution < -0.4 is 0 Å². The number of hydrogen-bond donors (Lipinski definition) is 0. The smallest absolute Gasteiger partial charge is 0.0110 e. The summed E-state index contributed by atoms with van der Waals surface area (Å²) in [5, 5.41) is 0. The fraction of sp³-hybridized carbons (Fsp3) is 0.857. The molecule has 1 fully saturated rings. The summed E-state index contributed by atoms with van der Waals surface area (Å²) in [6.07, 6.45) is 10.7.